The smallest absolute Gasteiger partial charge is 0.0708 e. The topological polar surface area (TPSA) is 25.8 Å². The number of nitrogens with zero attached hydrogens (tertiary/aromatic N) is 2. The van der Waals surface area contributed by atoms with Crippen LogP contribution in [0.3, 0.4) is 0 Å². The molecule has 2 heterocycles. The Labute approximate surface area is 220 Å². The summed E-state index contributed by atoms with van der Waals surface area (Å²) in [4.78, 5) is 8.74. The maximum absolute atomic E-state index is 4.60. The van der Waals surface area contributed by atoms with E-state index in [1.54, 1.807) is 0 Å². The van der Waals surface area contributed by atoms with Gasteiger partial charge in [0.15, 0.2) is 0 Å². The van der Waals surface area contributed by atoms with Crippen LogP contribution in [0.1, 0.15) is 0 Å². The van der Waals surface area contributed by atoms with Crippen molar-refractivity contribution in [1.82, 2.24) is 9.97 Å². The predicted molar refractivity (Wildman–Crippen MR) is 160 cm³/mol. The van der Waals surface area contributed by atoms with Crippen LogP contribution in [0.5, 0.6) is 0 Å². The van der Waals surface area contributed by atoms with Crippen molar-refractivity contribution in [1.29, 1.82) is 0 Å². The number of fused-ring (bicyclic) bond motifs is 1. The molecule has 0 radical (unpaired) electrons. The van der Waals surface area contributed by atoms with Crippen molar-refractivity contribution in [2.45, 2.75) is 0 Å². The Morgan fingerprint density at radius 2 is 0.974 bits per heavy atom. The molecule has 38 heavy (non-hydrogen) atoms. The molecule has 0 aliphatic rings. The molecule has 0 N–H and O–H groups in total. The molecule has 176 valence electrons. The normalized spacial score (nSPS) is 11.7. The van der Waals surface area contributed by atoms with Gasteiger partial charge in [0.05, 0.1) is 5.52 Å². The molecule has 8 aromatic rings. The Morgan fingerprint density at radius 1 is 0.368 bits per heavy atom. The van der Waals surface area contributed by atoms with E-state index >= 15 is 0 Å². The van der Waals surface area contributed by atoms with Crippen LogP contribution in [0.2, 0.25) is 0 Å². The standard InChI is InChI=1S/C36H22N2/c1-3-29(31-4-2-20-38-34(31)5-1)30-15-13-27-11-10-26-12-14-28(32-16-17-33(30)36(27)35(26)32)25-8-6-23(7-9-25)24-18-21-37-22-19-24/h1-22H. The summed E-state index contributed by atoms with van der Waals surface area (Å²) in [7, 11) is 0. The van der Waals surface area contributed by atoms with E-state index < -0.39 is 0 Å². The van der Waals surface area contributed by atoms with E-state index in [0.717, 1.165) is 5.52 Å². The molecule has 8 rings (SSSR count). The summed E-state index contributed by atoms with van der Waals surface area (Å²) in [6, 6.07) is 41.8. The van der Waals surface area contributed by atoms with Gasteiger partial charge in [-0.05, 0) is 90.0 Å². The molecule has 0 aliphatic carbocycles. The number of rotatable bonds is 3. The minimum atomic E-state index is 1.02. The first-order valence-corrected chi connectivity index (χ1v) is 12.9. The molecule has 0 atom stereocenters. The lowest BCUT2D eigenvalue weighted by Crippen LogP contribution is -1.90. The van der Waals surface area contributed by atoms with E-state index in [2.05, 4.69) is 119 Å². The quantitative estimate of drug-likeness (QED) is 0.234. The van der Waals surface area contributed by atoms with Crippen molar-refractivity contribution >= 4 is 43.2 Å². The van der Waals surface area contributed by atoms with Crippen LogP contribution in [0.4, 0.5) is 0 Å². The summed E-state index contributed by atoms with van der Waals surface area (Å²) in [6.45, 7) is 0. The molecular formula is C36H22N2. The molecular weight excluding hydrogens is 460 g/mol. The summed E-state index contributed by atoms with van der Waals surface area (Å²) < 4.78 is 0. The van der Waals surface area contributed by atoms with Gasteiger partial charge >= 0.3 is 0 Å². The van der Waals surface area contributed by atoms with Crippen LogP contribution >= 0.6 is 0 Å². The molecule has 0 unspecified atom stereocenters. The highest BCUT2D eigenvalue weighted by Crippen LogP contribution is 2.43. The van der Waals surface area contributed by atoms with Crippen LogP contribution in [0.15, 0.2) is 134 Å². The Morgan fingerprint density at radius 3 is 1.74 bits per heavy atom. The number of aromatic nitrogens is 2. The fourth-order valence-corrected chi connectivity index (χ4v) is 6.01. The molecule has 0 fully saturated rings. The average molecular weight is 483 g/mol. The minimum Gasteiger partial charge on any atom is -0.265 e. The van der Waals surface area contributed by atoms with Gasteiger partial charge < -0.3 is 0 Å². The molecule has 6 aromatic carbocycles. The number of pyridine rings is 2. The van der Waals surface area contributed by atoms with Gasteiger partial charge in [0, 0.05) is 24.0 Å². The first-order valence-electron chi connectivity index (χ1n) is 12.9. The predicted octanol–water partition coefficient (Wildman–Crippen LogP) is 9.53. The Bertz CT molecular complexity index is 2100. The minimum absolute atomic E-state index is 1.02. The molecule has 2 aromatic heterocycles. The third-order valence-electron chi connectivity index (χ3n) is 7.81. The van der Waals surface area contributed by atoms with Crippen LogP contribution in [-0.2, 0) is 0 Å². The van der Waals surface area contributed by atoms with Gasteiger partial charge in [-0.2, -0.15) is 0 Å². The maximum atomic E-state index is 4.60. The van der Waals surface area contributed by atoms with Crippen molar-refractivity contribution in [3.05, 3.63) is 134 Å². The van der Waals surface area contributed by atoms with Crippen molar-refractivity contribution < 1.29 is 0 Å². The number of benzene rings is 6. The zero-order chi connectivity index (χ0) is 25.1. The summed E-state index contributed by atoms with van der Waals surface area (Å²) in [5.74, 6) is 0. The lowest BCUT2D eigenvalue weighted by molar-refractivity contribution is 1.33. The molecule has 2 nitrogen and oxygen atoms in total. The average Bonchev–Trinajstić information content (AvgIpc) is 3.00. The van der Waals surface area contributed by atoms with Gasteiger partial charge in [-0.15, -0.1) is 0 Å². The molecule has 0 spiro atoms. The maximum Gasteiger partial charge on any atom is 0.0708 e. The van der Waals surface area contributed by atoms with Gasteiger partial charge in [0.25, 0.3) is 0 Å². The van der Waals surface area contributed by atoms with Gasteiger partial charge in [-0.3, -0.25) is 9.97 Å². The molecule has 0 aliphatic heterocycles. The van der Waals surface area contributed by atoms with E-state index in [0.29, 0.717) is 0 Å². The summed E-state index contributed by atoms with van der Waals surface area (Å²) >= 11 is 0. The molecule has 2 heteroatoms. The third kappa shape index (κ3) is 3.14. The second kappa shape index (κ2) is 8.22. The lowest BCUT2D eigenvalue weighted by atomic mass is 9.86. The van der Waals surface area contributed by atoms with E-state index in [1.807, 2.05) is 24.7 Å². The molecule has 0 amide bonds. The van der Waals surface area contributed by atoms with Crippen LogP contribution in [0.25, 0.3) is 76.6 Å². The first kappa shape index (κ1) is 21.0. The summed E-state index contributed by atoms with van der Waals surface area (Å²) in [5, 5.41) is 8.94. The fraction of sp³-hybridized carbons (Fsp3) is 0. The van der Waals surface area contributed by atoms with Gasteiger partial charge in [0.1, 0.15) is 0 Å². The third-order valence-corrected chi connectivity index (χ3v) is 7.81. The van der Waals surface area contributed by atoms with Gasteiger partial charge in [-0.25, -0.2) is 0 Å². The number of hydrogen-bond acceptors (Lipinski definition) is 2. The van der Waals surface area contributed by atoms with E-state index in [1.165, 1.54) is 71.1 Å². The SMILES string of the molecule is c1cc(-c2ccc3ccc4ccc(-c5ccc(-c6ccncc6)cc5)c5ccc2c3c45)c2cccnc2c1. The van der Waals surface area contributed by atoms with Crippen molar-refractivity contribution in [2.75, 3.05) is 0 Å². The monoisotopic (exact) mass is 482 g/mol. The van der Waals surface area contributed by atoms with Crippen molar-refractivity contribution in [3.63, 3.8) is 0 Å². The molecule has 0 bridgehead atoms. The Hall–Kier alpha value is -5.08. The van der Waals surface area contributed by atoms with Crippen LogP contribution < -0.4 is 0 Å². The molecule has 0 saturated carbocycles. The molecule has 0 saturated heterocycles. The largest absolute Gasteiger partial charge is 0.265 e. The first-order chi connectivity index (χ1) is 18.8. The summed E-state index contributed by atoms with van der Waals surface area (Å²) in [5.41, 5.74) is 8.35. The fourth-order valence-electron chi connectivity index (χ4n) is 6.01. The zero-order valence-electron chi connectivity index (χ0n) is 20.6. The van der Waals surface area contributed by atoms with E-state index in [-0.39, 0.29) is 0 Å². The van der Waals surface area contributed by atoms with Crippen LogP contribution in [0, 0.1) is 0 Å². The zero-order valence-corrected chi connectivity index (χ0v) is 20.6. The second-order valence-corrected chi connectivity index (χ2v) is 9.84. The number of hydrogen-bond donors (Lipinski definition) is 0. The Balaban J connectivity index is 1.36. The highest BCUT2D eigenvalue weighted by atomic mass is 14.6. The van der Waals surface area contributed by atoms with Gasteiger partial charge in [0.2, 0.25) is 0 Å². The van der Waals surface area contributed by atoms with Gasteiger partial charge in [-0.1, -0.05) is 91.0 Å². The highest BCUT2D eigenvalue weighted by molar-refractivity contribution is 6.28. The second-order valence-electron chi connectivity index (χ2n) is 9.84. The highest BCUT2D eigenvalue weighted by Gasteiger charge is 2.16. The van der Waals surface area contributed by atoms with Crippen LogP contribution in [-0.4, -0.2) is 9.97 Å². The Kier molecular flexibility index (Phi) is 4.55. The van der Waals surface area contributed by atoms with E-state index in [9.17, 15) is 0 Å². The lowest BCUT2D eigenvalue weighted by Gasteiger charge is -2.17. The van der Waals surface area contributed by atoms with Crippen molar-refractivity contribution in [2.24, 2.45) is 0 Å². The summed E-state index contributed by atoms with van der Waals surface area (Å²) in [6.07, 6.45) is 5.54. The van der Waals surface area contributed by atoms with E-state index in [4.69, 9.17) is 0 Å². The van der Waals surface area contributed by atoms with Crippen molar-refractivity contribution in [3.8, 4) is 33.4 Å².